The molecule has 1 fully saturated rings. The van der Waals surface area contributed by atoms with Crippen LogP contribution in [-0.4, -0.2) is 33.5 Å². The Bertz CT molecular complexity index is 647. The Morgan fingerprint density at radius 1 is 1.40 bits per heavy atom. The number of imidazole rings is 1. The third-order valence-electron chi connectivity index (χ3n) is 4.75. The quantitative estimate of drug-likeness (QED) is 0.864. The van der Waals surface area contributed by atoms with Crippen LogP contribution in [0.15, 0.2) is 36.8 Å². The highest BCUT2D eigenvalue weighted by Crippen LogP contribution is 2.47. The smallest absolute Gasteiger partial charge is 0.0956 e. The second-order valence-electron chi connectivity index (χ2n) is 6.01. The summed E-state index contributed by atoms with van der Waals surface area (Å²) in [4.78, 5) is 4.28. The van der Waals surface area contributed by atoms with Crippen molar-refractivity contribution in [3.8, 4) is 11.3 Å². The van der Waals surface area contributed by atoms with Gasteiger partial charge in [0.1, 0.15) is 0 Å². The molecule has 0 saturated carbocycles. The van der Waals surface area contributed by atoms with Gasteiger partial charge in [0.05, 0.1) is 36.5 Å². The largest absolute Gasteiger partial charge is 0.390 e. The second kappa shape index (κ2) is 4.17. The number of aromatic nitrogens is 2. The number of hydrogen-bond acceptors (Lipinski definition) is 3. The van der Waals surface area contributed by atoms with Crippen LogP contribution < -0.4 is 0 Å². The van der Waals surface area contributed by atoms with Gasteiger partial charge in [-0.15, -0.1) is 0 Å². The molecule has 2 aliphatic rings. The van der Waals surface area contributed by atoms with Crippen molar-refractivity contribution in [1.82, 2.24) is 9.55 Å². The molecule has 4 nitrogen and oxygen atoms in total. The molecule has 3 heterocycles. The minimum Gasteiger partial charge on any atom is -0.390 e. The van der Waals surface area contributed by atoms with E-state index in [0.29, 0.717) is 19.6 Å². The van der Waals surface area contributed by atoms with Gasteiger partial charge in [-0.2, -0.15) is 0 Å². The Morgan fingerprint density at radius 2 is 2.25 bits per heavy atom. The fourth-order valence-corrected chi connectivity index (χ4v) is 3.57. The van der Waals surface area contributed by atoms with Gasteiger partial charge in [-0.3, -0.25) is 0 Å². The average molecular weight is 270 g/mol. The lowest BCUT2D eigenvalue weighted by molar-refractivity contribution is -0.112. The zero-order valence-electron chi connectivity index (χ0n) is 11.5. The van der Waals surface area contributed by atoms with Crippen LogP contribution in [-0.2, 0) is 4.74 Å². The van der Waals surface area contributed by atoms with Crippen molar-refractivity contribution in [2.75, 3.05) is 13.2 Å². The molecule has 0 amide bonds. The molecule has 2 aromatic rings. The average Bonchev–Trinajstić information content (AvgIpc) is 3.00. The summed E-state index contributed by atoms with van der Waals surface area (Å²) in [5.41, 5.74) is 2.91. The van der Waals surface area contributed by atoms with Gasteiger partial charge in [-0.05, 0) is 18.9 Å². The highest BCUT2D eigenvalue weighted by Gasteiger charge is 2.45. The first-order valence-electron chi connectivity index (χ1n) is 7.10. The lowest BCUT2D eigenvalue weighted by Crippen LogP contribution is -2.46. The predicted molar refractivity (Wildman–Crippen MR) is 75.4 cm³/mol. The van der Waals surface area contributed by atoms with E-state index in [4.69, 9.17) is 4.74 Å². The first kappa shape index (κ1) is 12.1. The summed E-state index contributed by atoms with van der Waals surface area (Å²) < 4.78 is 7.82. The van der Waals surface area contributed by atoms with E-state index in [1.54, 1.807) is 0 Å². The van der Waals surface area contributed by atoms with E-state index in [1.807, 2.05) is 25.5 Å². The molecule has 20 heavy (non-hydrogen) atoms. The van der Waals surface area contributed by atoms with Gasteiger partial charge < -0.3 is 14.4 Å². The van der Waals surface area contributed by atoms with Crippen molar-refractivity contribution in [3.63, 3.8) is 0 Å². The summed E-state index contributed by atoms with van der Waals surface area (Å²) in [5.74, 6) is 0.0489. The summed E-state index contributed by atoms with van der Waals surface area (Å²) >= 11 is 0. The van der Waals surface area contributed by atoms with Crippen LogP contribution in [0.3, 0.4) is 0 Å². The minimum absolute atomic E-state index is 0.0489. The van der Waals surface area contributed by atoms with Gasteiger partial charge in [-0.1, -0.05) is 24.3 Å². The fourth-order valence-electron chi connectivity index (χ4n) is 3.57. The molecule has 3 atom stereocenters. The molecular weight excluding hydrogens is 252 g/mol. The highest BCUT2D eigenvalue weighted by atomic mass is 16.5. The van der Waals surface area contributed by atoms with Crippen molar-refractivity contribution < 1.29 is 9.84 Å². The number of aliphatic hydroxyl groups is 1. The van der Waals surface area contributed by atoms with Gasteiger partial charge in [-0.25, -0.2) is 4.98 Å². The number of fused-ring (bicyclic) bond motifs is 3. The molecule has 1 N–H and O–H groups in total. The molecule has 2 aliphatic heterocycles. The summed E-state index contributed by atoms with van der Waals surface area (Å²) in [7, 11) is 0. The van der Waals surface area contributed by atoms with Crippen molar-refractivity contribution in [3.05, 3.63) is 42.4 Å². The Morgan fingerprint density at radius 3 is 3.10 bits per heavy atom. The molecular formula is C16H18N2O2. The Balaban J connectivity index is 1.86. The zero-order chi connectivity index (χ0) is 13.7. The van der Waals surface area contributed by atoms with E-state index < -0.39 is 5.60 Å². The van der Waals surface area contributed by atoms with Gasteiger partial charge in [0.2, 0.25) is 0 Å². The standard InChI is InChI=1S/C16H18N2O2/c1-16(19)6-7-20-9-13(16)15-12-5-3-2-4-11(12)14-8-17-10-18(14)15/h2-5,8,10,13,15,19H,6-7,9H2,1H3/t13-,15+,16+/m1/s1. The Labute approximate surface area is 118 Å². The maximum absolute atomic E-state index is 10.8. The van der Waals surface area contributed by atoms with Gasteiger partial charge in [0, 0.05) is 18.1 Å². The summed E-state index contributed by atoms with van der Waals surface area (Å²) in [6.45, 7) is 3.15. The molecule has 0 aliphatic carbocycles. The monoisotopic (exact) mass is 270 g/mol. The highest BCUT2D eigenvalue weighted by molar-refractivity contribution is 5.69. The van der Waals surface area contributed by atoms with E-state index in [2.05, 4.69) is 27.8 Å². The van der Waals surface area contributed by atoms with Crippen LogP contribution >= 0.6 is 0 Å². The van der Waals surface area contributed by atoms with Gasteiger partial charge in [0.15, 0.2) is 0 Å². The molecule has 0 bridgehead atoms. The van der Waals surface area contributed by atoms with Crippen LogP contribution in [0.25, 0.3) is 11.3 Å². The normalized spacial score (nSPS) is 31.9. The van der Waals surface area contributed by atoms with Crippen LogP contribution in [0.1, 0.15) is 24.9 Å². The van der Waals surface area contributed by atoms with Crippen LogP contribution in [0.2, 0.25) is 0 Å². The lowest BCUT2D eigenvalue weighted by atomic mass is 9.78. The molecule has 1 saturated heterocycles. The predicted octanol–water partition coefficient (Wildman–Crippen LogP) is 2.24. The number of hydrogen-bond donors (Lipinski definition) is 1. The third kappa shape index (κ3) is 1.58. The van der Waals surface area contributed by atoms with Crippen molar-refractivity contribution >= 4 is 0 Å². The number of nitrogens with zero attached hydrogens (tertiary/aromatic N) is 2. The maximum Gasteiger partial charge on any atom is 0.0956 e. The third-order valence-corrected chi connectivity index (χ3v) is 4.75. The van der Waals surface area contributed by atoms with Crippen molar-refractivity contribution in [2.24, 2.45) is 5.92 Å². The molecule has 4 heteroatoms. The van der Waals surface area contributed by atoms with Crippen LogP contribution in [0.5, 0.6) is 0 Å². The van der Waals surface area contributed by atoms with E-state index in [9.17, 15) is 5.11 Å². The van der Waals surface area contributed by atoms with E-state index >= 15 is 0 Å². The maximum atomic E-state index is 10.8. The second-order valence-corrected chi connectivity index (χ2v) is 6.01. The Hall–Kier alpha value is -1.65. The molecule has 4 rings (SSSR count). The van der Waals surface area contributed by atoms with Gasteiger partial charge >= 0.3 is 0 Å². The van der Waals surface area contributed by atoms with Crippen LogP contribution in [0.4, 0.5) is 0 Å². The molecule has 1 aromatic carbocycles. The number of benzene rings is 1. The first-order chi connectivity index (χ1) is 9.68. The summed E-state index contributed by atoms with van der Waals surface area (Å²) in [6.07, 6.45) is 4.45. The topological polar surface area (TPSA) is 47.3 Å². The minimum atomic E-state index is -0.706. The van der Waals surface area contributed by atoms with Crippen LogP contribution in [0, 0.1) is 5.92 Å². The summed E-state index contributed by atoms with van der Waals surface area (Å²) in [6, 6.07) is 8.50. The van der Waals surface area contributed by atoms with E-state index in [-0.39, 0.29) is 12.0 Å². The SMILES string of the molecule is C[C@]1(O)CCOC[C@@H]1[C@@H]1c2ccccc2-c2cncn21. The summed E-state index contributed by atoms with van der Waals surface area (Å²) in [5, 5.41) is 10.8. The van der Waals surface area contributed by atoms with E-state index in [0.717, 1.165) is 5.69 Å². The number of ether oxygens (including phenoxy) is 1. The first-order valence-corrected chi connectivity index (χ1v) is 7.10. The van der Waals surface area contributed by atoms with Gasteiger partial charge in [0.25, 0.3) is 0 Å². The molecule has 104 valence electrons. The molecule has 0 spiro atoms. The lowest BCUT2D eigenvalue weighted by Gasteiger charge is -2.41. The Kier molecular flexibility index (Phi) is 2.53. The number of rotatable bonds is 1. The van der Waals surface area contributed by atoms with E-state index in [1.165, 1.54) is 11.1 Å². The molecule has 0 radical (unpaired) electrons. The zero-order valence-corrected chi connectivity index (χ0v) is 11.5. The van der Waals surface area contributed by atoms with Crippen molar-refractivity contribution in [2.45, 2.75) is 25.0 Å². The fraction of sp³-hybridized carbons (Fsp3) is 0.438. The molecule has 0 unspecified atom stereocenters. The molecule has 1 aromatic heterocycles. The van der Waals surface area contributed by atoms with Crippen molar-refractivity contribution in [1.29, 1.82) is 0 Å².